The summed E-state index contributed by atoms with van der Waals surface area (Å²) in [5.41, 5.74) is 2.05. The van der Waals surface area contributed by atoms with Crippen LogP contribution in [0.3, 0.4) is 0 Å². The zero-order valence-corrected chi connectivity index (χ0v) is 21.6. The van der Waals surface area contributed by atoms with Crippen LogP contribution in [0.25, 0.3) is 0 Å². The Morgan fingerprint density at radius 2 is 1.79 bits per heavy atom. The zero-order chi connectivity index (χ0) is 23.4. The summed E-state index contributed by atoms with van der Waals surface area (Å²) in [6, 6.07) is 0.225. The van der Waals surface area contributed by atoms with E-state index < -0.39 is 0 Å². The van der Waals surface area contributed by atoms with Gasteiger partial charge in [0.1, 0.15) is 5.00 Å². The fourth-order valence-electron chi connectivity index (χ4n) is 9.54. The standard InChI is InChI=1S/C28H38N2O3S/c1-14-20-9-17(27(20,2)3)10-21(14)29-24(31)23-19-4-5-33-13-22(19)34-25(23)30-26(32)28-11-15-6-16(12-28)8-18(28)7-15/h14-18,20-21H,4-13H2,1-3H3,(H,29,31)(H,30,32)/t14-,15?,16?,17+,18?,20+,21-,28?/m0/s1. The van der Waals surface area contributed by atoms with Gasteiger partial charge in [-0.25, -0.2) is 0 Å². The molecule has 8 aliphatic rings. The van der Waals surface area contributed by atoms with Crippen molar-refractivity contribution in [3.8, 4) is 0 Å². The minimum absolute atomic E-state index is 0.0143. The number of fused-ring (bicyclic) bond motifs is 3. The smallest absolute Gasteiger partial charge is 0.254 e. The van der Waals surface area contributed by atoms with Crippen LogP contribution >= 0.6 is 11.3 Å². The topological polar surface area (TPSA) is 67.4 Å². The molecule has 7 saturated carbocycles. The van der Waals surface area contributed by atoms with Crippen LogP contribution in [0.2, 0.25) is 0 Å². The van der Waals surface area contributed by atoms with E-state index >= 15 is 0 Å². The molecule has 1 aliphatic heterocycles. The lowest BCUT2D eigenvalue weighted by Gasteiger charge is -2.62. The van der Waals surface area contributed by atoms with Gasteiger partial charge in [-0.1, -0.05) is 20.8 Å². The highest BCUT2D eigenvalue weighted by molar-refractivity contribution is 7.17. The lowest BCUT2D eigenvalue weighted by molar-refractivity contribution is -0.127. The number of anilines is 1. The predicted octanol–water partition coefficient (Wildman–Crippen LogP) is 5.39. The van der Waals surface area contributed by atoms with Crippen molar-refractivity contribution in [1.82, 2.24) is 5.32 Å². The number of rotatable bonds is 4. The second kappa shape index (κ2) is 7.32. The molecule has 6 bridgehead atoms. The van der Waals surface area contributed by atoms with Crippen LogP contribution < -0.4 is 10.6 Å². The Morgan fingerprint density at radius 1 is 1.03 bits per heavy atom. The molecular weight excluding hydrogens is 444 g/mol. The van der Waals surface area contributed by atoms with Crippen molar-refractivity contribution in [3.05, 3.63) is 16.0 Å². The number of hydrogen-bond acceptors (Lipinski definition) is 4. The monoisotopic (exact) mass is 482 g/mol. The fraction of sp³-hybridized carbons (Fsp3) is 0.786. The Kier molecular flexibility index (Phi) is 4.70. The van der Waals surface area contributed by atoms with Crippen LogP contribution in [-0.2, 0) is 22.6 Å². The maximum atomic E-state index is 13.8. The van der Waals surface area contributed by atoms with Gasteiger partial charge in [0.05, 0.1) is 24.2 Å². The van der Waals surface area contributed by atoms with Gasteiger partial charge in [-0.15, -0.1) is 11.3 Å². The van der Waals surface area contributed by atoms with Crippen molar-refractivity contribution in [3.63, 3.8) is 0 Å². The van der Waals surface area contributed by atoms with Crippen molar-refractivity contribution >= 4 is 28.2 Å². The Bertz CT molecular complexity index is 1050. The number of ether oxygens (including phenoxy) is 1. The van der Waals surface area contributed by atoms with Gasteiger partial charge in [-0.2, -0.15) is 0 Å². The van der Waals surface area contributed by atoms with Crippen LogP contribution in [0.4, 0.5) is 5.00 Å². The molecule has 0 aromatic carbocycles. The molecule has 5 nitrogen and oxygen atoms in total. The largest absolute Gasteiger partial charge is 0.376 e. The van der Waals surface area contributed by atoms with E-state index in [1.54, 1.807) is 11.3 Å². The van der Waals surface area contributed by atoms with Crippen LogP contribution in [0.1, 0.15) is 86.5 Å². The Balaban J connectivity index is 1.15. The minimum Gasteiger partial charge on any atom is -0.376 e. The van der Waals surface area contributed by atoms with E-state index in [-0.39, 0.29) is 23.3 Å². The molecule has 0 spiro atoms. The summed E-state index contributed by atoms with van der Waals surface area (Å²) < 4.78 is 5.71. The molecule has 34 heavy (non-hydrogen) atoms. The molecule has 6 atom stereocenters. The highest BCUT2D eigenvalue weighted by Gasteiger charge is 2.61. The number of carbonyl (C=O) groups excluding carboxylic acids is 2. The Labute approximate surface area is 206 Å². The number of nitrogens with one attached hydrogen (secondary N) is 2. The summed E-state index contributed by atoms with van der Waals surface area (Å²) in [6.07, 6.45) is 9.00. The zero-order valence-electron chi connectivity index (χ0n) is 20.7. The van der Waals surface area contributed by atoms with E-state index in [9.17, 15) is 9.59 Å². The molecule has 9 rings (SSSR count). The van der Waals surface area contributed by atoms with Crippen molar-refractivity contribution in [2.24, 2.45) is 46.3 Å². The van der Waals surface area contributed by atoms with Crippen molar-refractivity contribution < 1.29 is 14.3 Å². The average Bonchev–Trinajstić information content (AvgIpc) is 3.37. The van der Waals surface area contributed by atoms with Crippen LogP contribution in [-0.4, -0.2) is 24.5 Å². The third-order valence-corrected chi connectivity index (χ3v) is 12.5. The molecule has 7 fully saturated rings. The second-order valence-corrected chi connectivity index (χ2v) is 14.3. The van der Waals surface area contributed by atoms with Gasteiger partial charge in [-0.05, 0) is 97.9 Å². The van der Waals surface area contributed by atoms with Gasteiger partial charge in [0.2, 0.25) is 5.91 Å². The van der Waals surface area contributed by atoms with E-state index in [1.807, 2.05) is 0 Å². The Morgan fingerprint density at radius 3 is 2.50 bits per heavy atom. The van der Waals surface area contributed by atoms with E-state index in [2.05, 4.69) is 31.4 Å². The Hall–Kier alpha value is -1.40. The molecule has 0 radical (unpaired) electrons. The van der Waals surface area contributed by atoms with E-state index in [4.69, 9.17) is 4.74 Å². The maximum Gasteiger partial charge on any atom is 0.254 e. The number of amides is 2. The number of carbonyl (C=O) groups is 2. The van der Waals surface area contributed by atoms with Gasteiger partial charge >= 0.3 is 0 Å². The van der Waals surface area contributed by atoms with Crippen molar-refractivity contribution in [1.29, 1.82) is 0 Å². The summed E-state index contributed by atoms with van der Waals surface area (Å²) in [5, 5.41) is 7.54. The first-order valence-corrected chi connectivity index (χ1v) is 14.4. The lowest BCUT2D eigenvalue weighted by Crippen LogP contribution is -2.60. The number of thiophene rings is 1. The van der Waals surface area contributed by atoms with E-state index in [0.29, 0.717) is 42.3 Å². The first-order valence-electron chi connectivity index (χ1n) is 13.6. The van der Waals surface area contributed by atoms with Crippen molar-refractivity contribution in [2.45, 2.75) is 84.8 Å². The van der Waals surface area contributed by atoms with Gasteiger partial charge in [0.15, 0.2) is 0 Å². The van der Waals surface area contributed by atoms with E-state index in [1.165, 1.54) is 25.7 Å². The van der Waals surface area contributed by atoms with Crippen LogP contribution in [0, 0.1) is 46.3 Å². The van der Waals surface area contributed by atoms with Gasteiger partial charge in [0.25, 0.3) is 5.91 Å². The molecule has 7 aliphatic carbocycles. The fourth-order valence-corrected chi connectivity index (χ4v) is 10.7. The molecule has 184 valence electrons. The first-order chi connectivity index (χ1) is 16.3. The maximum absolute atomic E-state index is 13.8. The second-order valence-electron chi connectivity index (χ2n) is 13.2. The summed E-state index contributed by atoms with van der Waals surface area (Å²) in [5.74, 6) is 4.10. The molecule has 1 aromatic heterocycles. The summed E-state index contributed by atoms with van der Waals surface area (Å²) in [4.78, 5) is 28.7. The van der Waals surface area contributed by atoms with Crippen molar-refractivity contribution in [2.75, 3.05) is 11.9 Å². The van der Waals surface area contributed by atoms with E-state index in [0.717, 1.165) is 58.5 Å². The molecular formula is C28H38N2O3S. The summed E-state index contributed by atoms with van der Waals surface area (Å²) in [7, 11) is 0. The van der Waals surface area contributed by atoms with Gasteiger partial charge in [-0.3, -0.25) is 9.59 Å². The minimum atomic E-state index is -0.187. The average molecular weight is 483 g/mol. The molecule has 2 N–H and O–H groups in total. The third-order valence-electron chi connectivity index (χ3n) is 11.4. The molecule has 2 amide bonds. The highest BCUT2D eigenvalue weighted by atomic mass is 32.1. The van der Waals surface area contributed by atoms with Crippen LogP contribution in [0.15, 0.2) is 0 Å². The van der Waals surface area contributed by atoms with Crippen LogP contribution in [0.5, 0.6) is 0 Å². The SMILES string of the molecule is C[C@@H]1[C@@H](NC(=O)c2c(NC(=O)C34CC5CC(CC3C5)C4)sc3c2CCOC3)C[C@H]2C[C@H]1C2(C)C. The first kappa shape index (κ1) is 21.8. The highest BCUT2D eigenvalue weighted by Crippen LogP contribution is 2.66. The lowest BCUT2D eigenvalue weighted by atomic mass is 9.45. The third kappa shape index (κ3) is 2.93. The predicted molar refractivity (Wildman–Crippen MR) is 133 cm³/mol. The normalized spacial score (nSPS) is 42.7. The summed E-state index contributed by atoms with van der Waals surface area (Å²) >= 11 is 1.57. The number of hydrogen-bond donors (Lipinski definition) is 2. The van der Waals surface area contributed by atoms with Gasteiger partial charge in [0, 0.05) is 10.9 Å². The molecule has 2 unspecified atom stereocenters. The molecule has 2 heterocycles. The van der Waals surface area contributed by atoms with Gasteiger partial charge < -0.3 is 15.4 Å². The summed E-state index contributed by atoms with van der Waals surface area (Å²) in [6.45, 7) is 8.30. The molecule has 1 aromatic rings. The quantitative estimate of drug-likeness (QED) is 0.605. The molecule has 6 heteroatoms. The molecule has 0 saturated heterocycles.